The summed E-state index contributed by atoms with van der Waals surface area (Å²) in [5, 5.41) is 1.06. The van der Waals surface area contributed by atoms with Crippen molar-refractivity contribution in [1.82, 2.24) is 4.98 Å². The van der Waals surface area contributed by atoms with Crippen LogP contribution >= 0.6 is 0 Å². The van der Waals surface area contributed by atoms with Crippen molar-refractivity contribution >= 4 is 16.6 Å². The Balaban J connectivity index is 1.42. The summed E-state index contributed by atoms with van der Waals surface area (Å²) in [6.45, 7) is 8.63. The lowest BCUT2D eigenvalue weighted by Crippen LogP contribution is -2.37. The first-order chi connectivity index (χ1) is 17.2. The zero-order valence-electron chi connectivity index (χ0n) is 21.3. The van der Waals surface area contributed by atoms with Gasteiger partial charge in [-0.1, -0.05) is 31.5 Å². The van der Waals surface area contributed by atoms with Gasteiger partial charge in [-0.25, -0.2) is 4.98 Å². The van der Waals surface area contributed by atoms with Crippen LogP contribution in [0, 0.1) is 6.92 Å². The molecule has 1 fully saturated rings. The van der Waals surface area contributed by atoms with Crippen molar-refractivity contribution in [3.8, 4) is 11.5 Å². The SMILES string of the molecule is CCCCOc1c(C)c(COc2cccc(N3CCC(OCCOC)CC3)c2)nc2ccccc12. The number of benzene rings is 2. The molecule has 0 amide bonds. The summed E-state index contributed by atoms with van der Waals surface area (Å²) in [5.41, 5.74) is 4.08. The maximum atomic E-state index is 6.24. The Morgan fingerprint density at radius 3 is 2.60 bits per heavy atom. The molecular formula is C29H38N2O4. The second-order valence-corrected chi connectivity index (χ2v) is 9.07. The summed E-state index contributed by atoms with van der Waals surface area (Å²) in [6, 6.07) is 16.5. The van der Waals surface area contributed by atoms with Gasteiger partial charge in [-0.2, -0.15) is 0 Å². The number of piperidine rings is 1. The molecule has 0 atom stereocenters. The minimum Gasteiger partial charge on any atom is -0.493 e. The van der Waals surface area contributed by atoms with E-state index in [1.807, 2.05) is 24.3 Å². The standard InChI is InChI=1S/C29H38N2O4/c1-4-5-17-34-29-22(2)28(30-27-12-7-6-11-26(27)29)21-35-25-10-8-9-23(20-25)31-15-13-24(14-16-31)33-19-18-32-3/h6-12,20,24H,4-5,13-19,21H2,1-3H3. The number of fused-ring (bicyclic) bond motifs is 1. The molecule has 188 valence electrons. The number of methoxy groups -OCH3 is 1. The predicted octanol–water partition coefficient (Wildman–Crippen LogP) is 5.93. The minimum atomic E-state index is 0.316. The Labute approximate surface area is 209 Å². The Morgan fingerprint density at radius 1 is 0.971 bits per heavy atom. The fourth-order valence-electron chi connectivity index (χ4n) is 4.47. The van der Waals surface area contributed by atoms with Gasteiger partial charge < -0.3 is 23.8 Å². The van der Waals surface area contributed by atoms with Crippen LogP contribution in [0.3, 0.4) is 0 Å². The zero-order chi connectivity index (χ0) is 24.5. The number of ether oxygens (including phenoxy) is 4. The number of nitrogens with zero attached hydrogens (tertiary/aromatic N) is 2. The van der Waals surface area contributed by atoms with Crippen LogP contribution in [0.15, 0.2) is 48.5 Å². The van der Waals surface area contributed by atoms with E-state index in [-0.39, 0.29) is 0 Å². The summed E-state index contributed by atoms with van der Waals surface area (Å²) >= 11 is 0. The quantitative estimate of drug-likeness (QED) is 0.301. The van der Waals surface area contributed by atoms with Crippen LogP contribution in [0.2, 0.25) is 0 Å². The fraction of sp³-hybridized carbons (Fsp3) is 0.483. The van der Waals surface area contributed by atoms with Crippen LogP contribution in [0.4, 0.5) is 5.69 Å². The number of unbranched alkanes of at least 4 members (excludes halogenated alkanes) is 1. The molecule has 2 heterocycles. The van der Waals surface area contributed by atoms with Crippen LogP contribution in [0.1, 0.15) is 43.9 Å². The largest absolute Gasteiger partial charge is 0.493 e. The molecule has 0 spiro atoms. The van der Waals surface area contributed by atoms with Crippen molar-refractivity contribution in [2.75, 3.05) is 44.9 Å². The summed E-state index contributed by atoms with van der Waals surface area (Å²) in [4.78, 5) is 7.30. The van der Waals surface area contributed by atoms with Crippen molar-refractivity contribution in [3.63, 3.8) is 0 Å². The van der Waals surface area contributed by atoms with Gasteiger partial charge in [0, 0.05) is 42.9 Å². The zero-order valence-corrected chi connectivity index (χ0v) is 21.3. The highest BCUT2D eigenvalue weighted by Crippen LogP contribution is 2.32. The van der Waals surface area contributed by atoms with E-state index < -0.39 is 0 Å². The summed E-state index contributed by atoms with van der Waals surface area (Å²) < 4.78 is 23.4. The molecule has 2 aromatic carbocycles. The number of rotatable bonds is 12. The number of hydrogen-bond acceptors (Lipinski definition) is 6. The molecule has 6 nitrogen and oxygen atoms in total. The average Bonchev–Trinajstić information content (AvgIpc) is 2.90. The third-order valence-corrected chi connectivity index (χ3v) is 6.56. The first-order valence-electron chi connectivity index (χ1n) is 12.8. The second kappa shape index (κ2) is 12.8. The number of aromatic nitrogens is 1. The number of anilines is 1. The van der Waals surface area contributed by atoms with E-state index in [2.05, 4.69) is 43.0 Å². The summed E-state index contributed by atoms with van der Waals surface area (Å²) in [6.07, 6.45) is 4.50. The van der Waals surface area contributed by atoms with E-state index in [0.29, 0.717) is 32.5 Å². The van der Waals surface area contributed by atoms with E-state index in [0.717, 1.165) is 72.4 Å². The summed E-state index contributed by atoms with van der Waals surface area (Å²) in [5.74, 6) is 1.77. The van der Waals surface area contributed by atoms with Crippen molar-refractivity contribution in [1.29, 1.82) is 0 Å². The molecule has 0 unspecified atom stereocenters. The lowest BCUT2D eigenvalue weighted by Gasteiger charge is -2.33. The van der Waals surface area contributed by atoms with Gasteiger partial charge in [0.2, 0.25) is 0 Å². The second-order valence-electron chi connectivity index (χ2n) is 9.07. The highest BCUT2D eigenvalue weighted by atomic mass is 16.5. The number of para-hydroxylation sites is 1. The van der Waals surface area contributed by atoms with Crippen LogP contribution in [0.25, 0.3) is 10.9 Å². The van der Waals surface area contributed by atoms with Gasteiger partial charge in [0.05, 0.1) is 37.1 Å². The maximum absolute atomic E-state index is 6.24. The Kier molecular flexibility index (Phi) is 9.21. The van der Waals surface area contributed by atoms with Crippen LogP contribution < -0.4 is 14.4 Å². The molecule has 35 heavy (non-hydrogen) atoms. The first-order valence-corrected chi connectivity index (χ1v) is 12.8. The molecular weight excluding hydrogens is 440 g/mol. The number of hydrogen-bond donors (Lipinski definition) is 0. The number of pyridine rings is 1. The lowest BCUT2D eigenvalue weighted by molar-refractivity contribution is 0.00610. The third-order valence-electron chi connectivity index (χ3n) is 6.56. The van der Waals surface area contributed by atoms with Crippen molar-refractivity contribution in [3.05, 3.63) is 59.8 Å². The predicted molar refractivity (Wildman–Crippen MR) is 141 cm³/mol. The molecule has 0 aliphatic carbocycles. The van der Waals surface area contributed by atoms with Crippen molar-refractivity contribution < 1.29 is 18.9 Å². The van der Waals surface area contributed by atoms with Gasteiger partial charge in [-0.3, -0.25) is 0 Å². The molecule has 3 aromatic rings. The molecule has 1 aliphatic rings. The molecule has 1 saturated heterocycles. The van der Waals surface area contributed by atoms with Gasteiger partial charge in [0.25, 0.3) is 0 Å². The van der Waals surface area contributed by atoms with Crippen molar-refractivity contribution in [2.45, 2.75) is 52.2 Å². The molecule has 4 rings (SSSR count). The Hall–Kier alpha value is -2.83. The average molecular weight is 479 g/mol. The monoisotopic (exact) mass is 478 g/mol. The molecule has 1 aliphatic heterocycles. The molecule has 1 aromatic heterocycles. The maximum Gasteiger partial charge on any atom is 0.133 e. The van der Waals surface area contributed by atoms with E-state index in [9.17, 15) is 0 Å². The van der Waals surface area contributed by atoms with E-state index in [1.165, 1.54) is 5.69 Å². The minimum absolute atomic E-state index is 0.316. The van der Waals surface area contributed by atoms with Crippen molar-refractivity contribution in [2.24, 2.45) is 0 Å². The van der Waals surface area contributed by atoms with E-state index >= 15 is 0 Å². The van der Waals surface area contributed by atoms with Gasteiger partial charge in [-0.15, -0.1) is 0 Å². The van der Waals surface area contributed by atoms with E-state index in [1.54, 1.807) is 7.11 Å². The normalized spacial score (nSPS) is 14.4. The van der Waals surface area contributed by atoms with Crippen LogP contribution in [-0.2, 0) is 16.1 Å². The Bertz CT molecular complexity index is 1080. The van der Waals surface area contributed by atoms with Gasteiger partial charge >= 0.3 is 0 Å². The molecule has 0 bridgehead atoms. The lowest BCUT2D eigenvalue weighted by atomic mass is 10.1. The highest BCUT2D eigenvalue weighted by Gasteiger charge is 2.20. The summed E-state index contributed by atoms with van der Waals surface area (Å²) in [7, 11) is 1.71. The van der Waals surface area contributed by atoms with Crippen LogP contribution in [0.5, 0.6) is 11.5 Å². The molecule has 6 heteroatoms. The molecule has 0 saturated carbocycles. The highest BCUT2D eigenvalue weighted by molar-refractivity contribution is 5.86. The molecule has 0 N–H and O–H groups in total. The van der Waals surface area contributed by atoms with Gasteiger partial charge in [0.1, 0.15) is 18.1 Å². The Morgan fingerprint density at radius 2 is 1.80 bits per heavy atom. The van der Waals surface area contributed by atoms with Gasteiger partial charge in [-0.05, 0) is 50.5 Å². The van der Waals surface area contributed by atoms with Crippen LogP contribution in [-0.4, -0.2) is 51.1 Å². The topological polar surface area (TPSA) is 53.1 Å². The van der Waals surface area contributed by atoms with Gasteiger partial charge in [0.15, 0.2) is 0 Å². The van der Waals surface area contributed by atoms with E-state index in [4.69, 9.17) is 23.9 Å². The smallest absolute Gasteiger partial charge is 0.133 e. The molecule has 0 radical (unpaired) electrons. The third kappa shape index (κ3) is 6.65. The first kappa shape index (κ1) is 25.3. The fourth-order valence-corrected chi connectivity index (χ4v) is 4.47.